The van der Waals surface area contributed by atoms with Crippen molar-refractivity contribution in [2.24, 2.45) is 5.41 Å². The molecule has 5 nitrogen and oxygen atoms in total. The minimum absolute atomic E-state index is 0.00451. The molecule has 2 aliphatic rings. The van der Waals surface area contributed by atoms with Crippen molar-refractivity contribution in [2.45, 2.75) is 39.7 Å². The van der Waals surface area contributed by atoms with Gasteiger partial charge < -0.3 is 15.1 Å². The Kier molecular flexibility index (Phi) is 4.13. The Labute approximate surface area is 115 Å². The largest absolute Gasteiger partial charge is 0.339 e. The molecule has 2 rings (SSSR count). The minimum atomic E-state index is -0.334. The van der Waals surface area contributed by atoms with Crippen molar-refractivity contribution < 1.29 is 9.59 Å². The highest BCUT2D eigenvalue weighted by Crippen LogP contribution is 2.19. The highest BCUT2D eigenvalue weighted by molar-refractivity contribution is 5.84. The van der Waals surface area contributed by atoms with Gasteiger partial charge >= 0.3 is 0 Å². The van der Waals surface area contributed by atoms with E-state index in [0.717, 1.165) is 19.4 Å². The molecule has 0 saturated carbocycles. The van der Waals surface area contributed by atoms with Gasteiger partial charge in [0.1, 0.15) is 0 Å². The van der Waals surface area contributed by atoms with E-state index >= 15 is 0 Å². The number of nitrogens with one attached hydrogen (secondary N) is 1. The monoisotopic (exact) mass is 267 g/mol. The third-order valence-corrected chi connectivity index (χ3v) is 3.88. The topological polar surface area (TPSA) is 52.7 Å². The fraction of sp³-hybridized carbons (Fsp3) is 0.857. The molecule has 0 aromatic heterocycles. The van der Waals surface area contributed by atoms with Crippen LogP contribution in [-0.2, 0) is 9.59 Å². The third kappa shape index (κ3) is 3.26. The molecule has 2 fully saturated rings. The number of carbonyl (C=O) groups is 2. The summed E-state index contributed by atoms with van der Waals surface area (Å²) in [5.41, 5.74) is -0.334. The first-order chi connectivity index (χ1) is 8.89. The van der Waals surface area contributed by atoms with E-state index in [1.54, 1.807) is 0 Å². The van der Waals surface area contributed by atoms with E-state index in [4.69, 9.17) is 0 Å². The molecule has 0 aromatic carbocycles. The van der Waals surface area contributed by atoms with Crippen LogP contribution < -0.4 is 5.32 Å². The summed E-state index contributed by atoms with van der Waals surface area (Å²) in [6.45, 7) is 9.42. The molecular weight excluding hydrogens is 242 g/mol. The van der Waals surface area contributed by atoms with E-state index in [1.165, 1.54) is 0 Å². The van der Waals surface area contributed by atoms with E-state index in [9.17, 15) is 9.59 Å². The van der Waals surface area contributed by atoms with Crippen LogP contribution in [0, 0.1) is 5.41 Å². The Bertz CT molecular complexity index is 348. The Morgan fingerprint density at radius 3 is 2.11 bits per heavy atom. The molecule has 1 atom stereocenters. The number of hydrogen-bond donors (Lipinski definition) is 1. The second kappa shape index (κ2) is 5.49. The van der Waals surface area contributed by atoms with Crippen LogP contribution in [0.3, 0.4) is 0 Å². The average molecular weight is 267 g/mol. The minimum Gasteiger partial charge on any atom is -0.339 e. The second-order valence-electron chi connectivity index (χ2n) is 6.52. The average Bonchev–Trinajstić information content (AvgIpc) is 2.90. The smallest absolute Gasteiger partial charge is 0.239 e. The lowest BCUT2D eigenvalue weighted by atomic mass is 9.94. The molecule has 0 bridgehead atoms. The lowest BCUT2D eigenvalue weighted by molar-refractivity contribution is -0.145. The molecular formula is C14H25N3O2. The molecule has 19 heavy (non-hydrogen) atoms. The summed E-state index contributed by atoms with van der Waals surface area (Å²) in [6, 6.07) is 0.00451. The van der Waals surface area contributed by atoms with Crippen molar-refractivity contribution in [1.29, 1.82) is 0 Å². The first-order valence-corrected chi connectivity index (χ1v) is 7.21. The zero-order valence-corrected chi connectivity index (χ0v) is 12.2. The van der Waals surface area contributed by atoms with Crippen LogP contribution in [0.15, 0.2) is 0 Å². The van der Waals surface area contributed by atoms with Crippen LogP contribution in [0.2, 0.25) is 0 Å². The van der Waals surface area contributed by atoms with E-state index < -0.39 is 0 Å². The Balaban J connectivity index is 1.85. The summed E-state index contributed by atoms with van der Waals surface area (Å²) >= 11 is 0. The summed E-state index contributed by atoms with van der Waals surface area (Å²) < 4.78 is 0. The van der Waals surface area contributed by atoms with E-state index in [0.29, 0.717) is 26.2 Å². The molecule has 108 valence electrons. The molecule has 2 saturated heterocycles. The maximum Gasteiger partial charge on any atom is 0.239 e. The summed E-state index contributed by atoms with van der Waals surface area (Å²) in [4.78, 5) is 28.2. The highest BCUT2D eigenvalue weighted by atomic mass is 16.2. The van der Waals surface area contributed by atoms with Crippen LogP contribution in [0.4, 0.5) is 0 Å². The zero-order chi connectivity index (χ0) is 14.0. The van der Waals surface area contributed by atoms with Crippen molar-refractivity contribution in [1.82, 2.24) is 15.1 Å². The van der Waals surface area contributed by atoms with Crippen molar-refractivity contribution in [3.8, 4) is 0 Å². The molecule has 0 unspecified atom stereocenters. The summed E-state index contributed by atoms with van der Waals surface area (Å²) in [6.07, 6.45) is 2.03. The van der Waals surface area contributed by atoms with Crippen molar-refractivity contribution >= 4 is 11.8 Å². The molecule has 0 aliphatic carbocycles. The third-order valence-electron chi connectivity index (χ3n) is 3.88. The standard InChI is InChI=1S/C14H25N3O2/c1-14(2,3)13(19)17-9-7-16(8-10-17)12(18)11-5-4-6-15-11/h11,15H,4-10H2,1-3H3/t11-/m0/s1. The van der Waals surface area contributed by atoms with Gasteiger partial charge in [-0.05, 0) is 19.4 Å². The maximum absolute atomic E-state index is 12.2. The lowest BCUT2D eigenvalue weighted by Gasteiger charge is -2.38. The van der Waals surface area contributed by atoms with Crippen molar-refractivity contribution in [3.05, 3.63) is 0 Å². The molecule has 0 spiro atoms. The van der Waals surface area contributed by atoms with Gasteiger partial charge in [0.25, 0.3) is 0 Å². The maximum atomic E-state index is 12.2. The van der Waals surface area contributed by atoms with Crippen LogP contribution in [0.1, 0.15) is 33.6 Å². The van der Waals surface area contributed by atoms with Crippen molar-refractivity contribution in [3.63, 3.8) is 0 Å². The van der Waals surface area contributed by atoms with Gasteiger partial charge in [0.2, 0.25) is 11.8 Å². The number of carbonyl (C=O) groups excluding carboxylic acids is 2. The number of rotatable bonds is 1. The number of amides is 2. The second-order valence-corrected chi connectivity index (χ2v) is 6.52. The van der Waals surface area contributed by atoms with Gasteiger partial charge in [-0.2, -0.15) is 0 Å². The molecule has 5 heteroatoms. The first-order valence-electron chi connectivity index (χ1n) is 7.21. The normalized spacial score (nSPS) is 24.7. The SMILES string of the molecule is CC(C)(C)C(=O)N1CCN(C(=O)[C@@H]2CCCN2)CC1. The van der Waals surface area contributed by atoms with E-state index in [1.807, 2.05) is 30.6 Å². The predicted octanol–water partition coefficient (Wildman–Crippen LogP) is 0.455. The van der Waals surface area contributed by atoms with Crippen LogP contribution in [-0.4, -0.2) is 60.4 Å². The van der Waals surface area contributed by atoms with E-state index in [2.05, 4.69) is 5.32 Å². The Morgan fingerprint density at radius 2 is 1.63 bits per heavy atom. The number of nitrogens with zero attached hydrogens (tertiary/aromatic N) is 2. The van der Waals surface area contributed by atoms with Crippen LogP contribution in [0.25, 0.3) is 0 Å². The summed E-state index contributed by atoms with van der Waals surface area (Å²) in [7, 11) is 0. The Morgan fingerprint density at radius 1 is 1.05 bits per heavy atom. The van der Waals surface area contributed by atoms with Gasteiger partial charge in [-0.3, -0.25) is 9.59 Å². The predicted molar refractivity (Wildman–Crippen MR) is 73.6 cm³/mol. The van der Waals surface area contributed by atoms with Crippen LogP contribution >= 0.6 is 0 Å². The van der Waals surface area contributed by atoms with Crippen LogP contribution in [0.5, 0.6) is 0 Å². The quantitative estimate of drug-likeness (QED) is 0.751. The molecule has 2 heterocycles. The summed E-state index contributed by atoms with van der Waals surface area (Å²) in [5.74, 6) is 0.388. The fourth-order valence-electron chi connectivity index (χ4n) is 2.72. The van der Waals surface area contributed by atoms with Gasteiger partial charge in [-0.1, -0.05) is 20.8 Å². The molecule has 0 aromatic rings. The molecule has 1 N–H and O–H groups in total. The van der Waals surface area contributed by atoms with Gasteiger partial charge in [-0.25, -0.2) is 0 Å². The summed E-state index contributed by atoms with van der Waals surface area (Å²) in [5, 5.41) is 3.24. The number of hydrogen-bond acceptors (Lipinski definition) is 3. The van der Waals surface area contributed by atoms with Crippen molar-refractivity contribution in [2.75, 3.05) is 32.7 Å². The molecule has 0 radical (unpaired) electrons. The van der Waals surface area contributed by atoms with Gasteiger partial charge in [0.15, 0.2) is 0 Å². The number of piperazine rings is 1. The van der Waals surface area contributed by atoms with Gasteiger partial charge in [-0.15, -0.1) is 0 Å². The zero-order valence-electron chi connectivity index (χ0n) is 12.2. The van der Waals surface area contributed by atoms with Gasteiger partial charge in [0.05, 0.1) is 6.04 Å². The Hall–Kier alpha value is -1.10. The molecule has 2 aliphatic heterocycles. The lowest BCUT2D eigenvalue weighted by Crippen LogP contribution is -2.55. The van der Waals surface area contributed by atoms with Gasteiger partial charge in [0, 0.05) is 31.6 Å². The van der Waals surface area contributed by atoms with E-state index in [-0.39, 0.29) is 23.3 Å². The molecule has 2 amide bonds. The first kappa shape index (κ1) is 14.3. The highest BCUT2D eigenvalue weighted by Gasteiger charge is 2.33. The fourth-order valence-corrected chi connectivity index (χ4v) is 2.72.